The third kappa shape index (κ3) is 3.40. The van der Waals surface area contributed by atoms with Gasteiger partial charge >= 0.3 is 0 Å². The SMILES string of the molecule is CNC(Cc1ccc(Br)cn1)c1ccc(C)cc1. The summed E-state index contributed by atoms with van der Waals surface area (Å²) in [7, 11) is 1.99. The summed E-state index contributed by atoms with van der Waals surface area (Å²) >= 11 is 3.40. The number of benzene rings is 1. The number of nitrogens with zero attached hydrogens (tertiary/aromatic N) is 1. The van der Waals surface area contributed by atoms with Gasteiger partial charge in [-0.3, -0.25) is 4.98 Å². The second kappa shape index (κ2) is 6.12. The molecule has 1 unspecified atom stereocenters. The Balaban J connectivity index is 2.14. The molecule has 1 aromatic carbocycles. The van der Waals surface area contributed by atoms with Crippen molar-refractivity contribution in [1.29, 1.82) is 0 Å². The Kier molecular flexibility index (Phi) is 4.50. The zero-order valence-electron chi connectivity index (χ0n) is 10.7. The maximum absolute atomic E-state index is 4.42. The van der Waals surface area contributed by atoms with Gasteiger partial charge in [0, 0.05) is 28.8 Å². The highest BCUT2D eigenvalue weighted by Crippen LogP contribution is 2.18. The van der Waals surface area contributed by atoms with Crippen LogP contribution in [0.3, 0.4) is 0 Å². The van der Waals surface area contributed by atoms with E-state index in [0.29, 0.717) is 6.04 Å². The molecular weight excluding hydrogens is 288 g/mol. The molecule has 2 nitrogen and oxygen atoms in total. The first-order valence-corrected chi connectivity index (χ1v) is 6.82. The lowest BCUT2D eigenvalue weighted by molar-refractivity contribution is 0.584. The molecule has 2 aromatic rings. The van der Waals surface area contributed by atoms with E-state index in [0.717, 1.165) is 16.6 Å². The summed E-state index contributed by atoms with van der Waals surface area (Å²) < 4.78 is 1.02. The molecule has 3 heteroatoms. The number of pyridine rings is 1. The molecule has 0 aliphatic heterocycles. The Morgan fingerprint density at radius 3 is 2.44 bits per heavy atom. The largest absolute Gasteiger partial charge is 0.313 e. The summed E-state index contributed by atoms with van der Waals surface area (Å²) in [5, 5.41) is 3.35. The van der Waals surface area contributed by atoms with E-state index >= 15 is 0 Å². The van der Waals surface area contributed by atoms with Crippen LogP contribution in [0.25, 0.3) is 0 Å². The summed E-state index contributed by atoms with van der Waals surface area (Å²) in [6, 6.07) is 13.0. The molecule has 0 bridgehead atoms. The highest BCUT2D eigenvalue weighted by Gasteiger charge is 2.10. The van der Waals surface area contributed by atoms with E-state index in [1.54, 1.807) is 0 Å². The molecule has 1 N–H and O–H groups in total. The molecule has 0 amide bonds. The van der Waals surface area contributed by atoms with Crippen molar-refractivity contribution in [2.75, 3.05) is 7.05 Å². The fraction of sp³-hybridized carbons (Fsp3) is 0.267. The Morgan fingerprint density at radius 1 is 1.17 bits per heavy atom. The van der Waals surface area contributed by atoms with Gasteiger partial charge in [0.15, 0.2) is 0 Å². The Labute approximate surface area is 117 Å². The standard InChI is InChI=1S/C15H17BrN2/c1-11-3-5-12(6-4-11)15(17-2)9-14-8-7-13(16)10-18-14/h3-8,10,15,17H,9H2,1-2H3. The van der Waals surface area contributed by atoms with Crippen molar-refractivity contribution >= 4 is 15.9 Å². The Morgan fingerprint density at radius 2 is 1.89 bits per heavy atom. The summed E-state index contributed by atoms with van der Waals surface area (Å²) in [5.74, 6) is 0. The monoisotopic (exact) mass is 304 g/mol. The van der Waals surface area contributed by atoms with Gasteiger partial charge in [0.1, 0.15) is 0 Å². The fourth-order valence-corrected chi connectivity index (χ4v) is 2.16. The molecule has 0 fully saturated rings. The number of aromatic nitrogens is 1. The molecule has 1 heterocycles. The van der Waals surface area contributed by atoms with Crippen molar-refractivity contribution < 1.29 is 0 Å². The number of likely N-dealkylation sites (N-methyl/N-ethyl adjacent to an activating group) is 1. The lowest BCUT2D eigenvalue weighted by Crippen LogP contribution is -2.19. The minimum Gasteiger partial charge on any atom is -0.313 e. The molecule has 0 saturated carbocycles. The van der Waals surface area contributed by atoms with Crippen LogP contribution in [0.1, 0.15) is 22.9 Å². The molecule has 1 atom stereocenters. The lowest BCUT2D eigenvalue weighted by atomic mass is 10.0. The highest BCUT2D eigenvalue weighted by molar-refractivity contribution is 9.10. The maximum Gasteiger partial charge on any atom is 0.0423 e. The molecule has 0 spiro atoms. The van der Waals surface area contributed by atoms with Crippen LogP contribution in [-0.2, 0) is 6.42 Å². The van der Waals surface area contributed by atoms with Crippen LogP contribution < -0.4 is 5.32 Å². The predicted octanol–water partition coefficient (Wildman–Crippen LogP) is 3.66. The van der Waals surface area contributed by atoms with Crippen molar-refractivity contribution in [3.63, 3.8) is 0 Å². The van der Waals surface area contributed by atoms with Gasteiger partial charge < -0.3 is 5.32 Å². The topological polar surface area (TPSA) is 24.9 Å². The number of hydrogen-bond acceptors (Lipinski definition) is 2. The lowest BCUT2D eigenvalue weighted by Gasteiger charge is -2.16. The number of aryl methyl sites for hydroxylation is 1. The molecular formula is C15H17BrN2. The first-order valence-electron chi connectivity index (χ1n) is 6.03. The number of halogens is 1. The summed E-state index contributed by atoms with van der Waals surface area (Å²) in [6.07, 6.45) is 2.74. The van der Waals surface area contributed by atoms with E-state index in [9.17, 15) is 0 Å². The molecule has 0 radical (unpaired) electrons. The summed E-state index contributed by atoms with van der Waals surface area (Å²) in [4.78, 5) is 4.42. The second-order valence-electron chi connectivity index (χ2n) is 4.42. The number of rotatable bonds is 4. The first kappa shape index (κ1) is 13.2. The Bertz CT molecular complexity index is 491. The minimum absolute atomic E-state index is 0.305. The normalized spacial score (nSPS) is 12.4. The van der Waals surface area contributed by atoms with Crippen LogP contribution >= 0.6 is 15.9 Å². The summed E-state index contributed by atoms with van der Waals surface area (Å²) in [6.45, 7) is 2.11. The third-order valence-corrected chi connectivity index (χ3v) is 3.50. The molecule has 2 rings (SSSR count). The van der Waals surface area contributed by atoms with Crippen LogP contribution in [0.4, 0.5) is 0 Å². The van der Waals surface area contributed by atoms with Gasteiger partial charge in [0.05, 0.1) is 0 Å². The van der Waals surface area contributed by atoms with Crippen LogP contribution in [0.15, 0.2) is 47.1 Å². The quantitative estimate of drug-likeness (QED) is 0.932. The van der Waals surface area contributed by atoms with Crippen molar-refractivity contribution in [1.82, 2.24) is 10.3 Å². The molecule has 0 aliphatic carbocycles. The number of nitrogens with one attached hydrogen (secondary N) is 1. The van der Waals surface area contributed by atoms with Gasteiger partial charge in [0.2, 0.25) is 0 Å². The van der Waals surface area contributed by atoms with Gasteiger partial charge in [-0.2, -0.15) is 0 Å². The Hall–Kier alpha value is -1.19. The second-order valence-corrected chi connectivity index (χ2v) is 5.34. The van der Waals surface area contributed by atoms with Crippen molar-refractivity contribution in [3.05, 3.63) is 63.9 Å². The first-order chi connectivity index (χ1) is 8.69. The zero-order chi connectivity index (χ0) is 13.0. The van der Waals surface area contributed by atoms with Crippen LogP contribution in [-0.4, -0.2) is 12.0 Å². The minimum atomic E-state index is 0.305. The van der Waals surface area contributed by atoms with Gasteiger partial charge in [0.25, 0.3) is 0 Å². The molecule has 18 heavy (non-hydrogen) atoms. The zero-order valence-corrected chi connectivity index (χ0v) is 12.2. The van der Waals surface area contributed by atoms with E-state index in [-0.39, 0.29) is 0 Å². The van der Waals surface area contributed by atoms with Crippen molar-refractivity contribution in [3.8, 4) is 0 Å². The van der Waals surface area contributed by atoms with E-state index < -0.39 is 0 Å². The average Bonchev–Trinajstić information content (AvgIpc) is 2.39. The smallest absolute Gasteiger partial charge is 0.0423 e. The molecule has 0 aliphatic rings. The summed E-state index contributed by atoms with van der Waals surface area (Å²) in [5.41, 5.74) is 3.68. The fourth-order valence-electron chi connectivity index (χ4n) is 1.92. The van der Waals surface area contributed by atoms with Gasteiger partial charge in [-0.15, -0.1) is 0 Å². The highest BCUT2D eigenvalue weighted by atomic mass is 79.9. The van der Waals surface area contributed by atoms with Crippen molar-refractivity contribution in [2.45, 2.75) is 19.4 Å². The average molecular weight is 305 g/mol. The van der Waals surface area contributed by atoms with E-state index in [2.05, 4.69) is 63.5 Å². The van der Waals surface area contributed by atoms with E-state index in [1.807, 2.05) is 19.3 Å². The van der Waals surface area contributed by atoms with Crippen LogP contribution in [0, 0.1) is 6.92 Å². The number of hydrogen-bond donors (Lipinski definition) is 1. The molecule has 94 valence electrons. The van der Waals surface area contributed by atoms with Crippen LogP contribution in [0.5, 0.6) is 0 Å². The van der Waals surface area contributed by atoms with Gasteiger partial charge in [-0.1, -0.05) is 29.8 Å². The van der Waals surface area contributed by atoms with E-state index in [4.69, 9.17) is 0 Å². The molecule has 0 saturated heterocycles. The van der Waals surface area contributed by atoms with Crippen molar-refractivity contribution in [2.24, 2.45) is 0 Å². The molecule has 1 aromatic heterocycles. The third-order valence-electron chi connectivity index (χ3n) is 3.03. The van der Waals surface area contributed by atoms with Gasteiger partial charge in [-0.25, -0.2) is 0 Å². The predicted molar refractivity (Wildman–Crippen MR) is 78.6 cm³/mol. The maximum atomic E-state index is 4.42. The van der Waals surface area contributed by atoms with Gasteiger partial charge in [-0.05, 0) is 47.6 Å². The van der Waals surface area contributed by atoms with E-state index in [1.165, 1.54) is 11.1 Å². The van der Waals surface area contributed by atoms with Crippen LogP contribution in [0.2, 0.25) is 0 Å².